The standard InChI is InChI=1S/C19H33NO6/c1-4-10-20(11-8-17(21)23-5-2)16-7-9-19(25-12-13-26-19)14-15(16)18(22)24-6-3/h15-16H,4-14H2,1-3H3. The summed E-state index contributed by atoms with van der Waals surface area (Å²) in [6.45, 7) is 9.02. The molecule has 1 spiro atoms. The first-order chi connectivity index (χ1) is 12.5. The molecular formula is C19H33NO6. The summed E-state index contributed by atoms with van der Waals surface area (Å²) in [6, 6.07) is 0.0295. The van der Waals surface area contributed by atoms with Gasteiger partial charge in [-0.1, -0.05) is 6.92 Å². The van der Waals surface area contributed by atoms with Crippen LogP contribution in [0.15, 0.2) is 0 Å². The van der Waals surface area contributed by atoms with Gasteiger partial charge in [0, 0.05) is 25.4 Å². The van der Waals surface area contributed by atoms with Crippen molar-refractivity contribution >= 4 is 11.9 Å². The first kappa shape index (κ1) is 21.1. The van der Waals surface area contributed by atoms with Crippen LogP contribution < -0.4 is 0 Å². The van der Waals surface area contributed by atoms with Crippen LogP contribution in [0.25, 0.3) is 0 Å². The third-order valence-electron chi connectivity index (χ3n) is 5.11. The fraction of sp³-hybridized carbons (Fsp3) is 0.895. The van der Waals surface area contributed by atoms with E-state index in [9.17, 15) is 9.59 Å². The third-order valence-corrected chi connectivity index (χ3v) is 5.11. The monoisotopic (exact) mass is 371 g/mol. The Morgan fingerprint density at radius 1 is 1.08 bits per heavy atom. The zero-order chi connectivity index (χ0) is 19.0. The van der Waals surface area contributed by atoms with Crippen LogP contribution in [-0.4, -0.2) is 68.2 Å². The van der Waals surface area contributed by atoms with Gasteiger partial charge in [0.25, 0.3) is 0 Å². The van der Waals surface area contributed by atoms with E-state index >= 15 is 0 Å². The fourth-order valence-corrected chi connectivity index (χ4v) is 4.03. The predicted octanol–water partition coefficient (Wildman–Crippen LogP) is 2.13. The molecule has 2 rings (SSSR count). The van der Waals surface area contributed by atoms with Gasteiger partial charge in [0.05, 0.1) is 38.8 Å². The van der Waals surface area contributed by atoms with Crippen LogP contribution >= 0.6 is 0 Å². The van der Waals surface area contributed by atoms with Gasteiger partial charge in [-0.3, -0.25) is 14.5 Å². The lowest BCUT2D eigenvalue weighted by atomic mass is 9.79. The zero-order valence-corrected chi connectivity index (χ0v) is 16.3. The Labute approximate surface area is 156 Å². The Kier molecular flexibility index (Phi) is 8.31. The fourth-order valence-electron chi connectivity index (χ4n) is 4.03. The smallest absolute Gasteiger partial charge is 0.310 e. The molecule has 1 saturated carbocycles. The molecule has 2 aliphatic rings. The zero-order valence-electron chi connectivity index (χ0n) is 16.3. The molecule has 2 unspecified atom stereocenters. The number of rotatable bonds is 9. The van der Waals surface area contributed by atoms with Crippen molar-refractivity contribution in [1.29, 1.82) is 0 Å². The van der Waals surface area contributed by atoms with Crippen molar-refractivity contribution in [2.75, 3.05) is 39.5 Å². The molecule has 0 aromatic rings. The van der Waals surface area contributed by atoms with E-state index in [1.54, 1.807) is 6.92 Å². The molecule has 0 N–H and O–H groups in total. The summed E-state index contributed by atoms with van der Waals surface area (Å²) < 4.78 is 22.1. The van der Waals surface area contributed by atoms with Gasteiger partial charge >= 0.3 is 11.9 Å². The largest absolute Gasteiger partial charge is 0.466 e. The Hall–Kier alpha value is -1.18. The van der Waals surface area contributed by atoms with E-state index in [1.165, 1.54) is 0 Å². The molecule has 2 atom stereocenters. The van der Waals surface area contributed by atoms with E-state index in [0.717, 1.165) is 25.8 Å². The van der Waals surface area contributed by atoms with Gasteiger partial charge in [-0.25, -0.2) is 0 Å². The van der Waals surface area contributed by atoms with Crippen molar-refractivity contribution < 1.29 is 28.5 Å². The van der Waals surface area contributed by atoms with Crippen molar-refractivity contribution in [3.8, 4) is 0 Å². The van der Waals surface area contributed by atoms with Gasteiger partial charge in [0.1, 0.15) is 0 Å². The van der Waals surface area contributed by atoms with Gasteiger partial charge in [0.2, 0.25) is 0 Å². The van der Waals surface area contributed by atoms with Gasteiger partial charge in [-0.15, -0.1) is 0 Å². The Morgan fingerprint density at radius 2 is 1.77 bits per heavy atom. The van der Waals surface area contributed by atoms with Crippen LogP contribution in [0.1, 0.15) is 52.9 Å². The lowest BCUT2D eigenvalue weighted by molar-refractivity contribution is -0.204. The summed E-state index contributed by atoms with van der Waals surface area (Å²) in [7, 11) is 0. The highest BCUT2D eigenvalue weighted by molar-refractivity contribution is 5.73. The van der Waals surface area contributed by atoms with E-state index in [0.29, 0.717) is 45.8 Å². The molecule has 0 aromatic heterocycles. The molecule has 0 amide bonds. The minimum Gasteiger partial charge on any atom is -0.466 e. The summed E-state index contributed by atoms with van der Waals surface area (Å²) in [4.78, 5) is 26.7. The molecule has 7 nitrogen and oxygen atoms in total. The minimum atomic E-state index is -0.646. The highest BCUT2D eigenvalue weighted by Gasteiger charge is 2.49. The van der Waals surface area contributed by atoms with Gasteiger partial charge in [-0.05, 0) is 33.2 Å². The van der Waals surface area contributed by atoms with Gasteiger partial charge < -0.3 is 18.9 Å². The maximum Gasteiger partial charge on any atom is 0.310 e. The Balaban J connectivity index is 2.09. The lowest BCUT2D eigenvalue weighted by Crippen LogP contribution is -2.53. The maximum absolute atomic E-state index is 12.6. The number of carbonyl (C=O) groups is 2. The third kappa shape index (κ3) is 5.41. The van der Waals surface area contributed by atoms with Gasteiger partial charge in [-0.2, -0.15) is 0 Å². The number of carbonyl (C=O) groups excluding carboxylic acids is 2. The molecule has 1 aliphatic heterocycles. The summed E-state index contributed by atoms with van der Waals surface area (Å²) in [5.74, 6) is -1.35. The number of nitrogens with zero attached hydrogens (tertiary/aromatic N) is 1. The van der Waals surface area contributed by atoms with Crippen molar-refractivity contribution in [1.82, 2.24) is 4.90 Å². The second-order valence-electron chi connectivity index (χ2n) is 6.87. The van der Waals surface area contributed by atoms with Crippen LogP contribution in [0.5, 0.6) is 0 Å². The number of esters is 2. The molecule has 1 saturated heterocycles. The molecule has 0 radical (unpaired) electrons. The summed E-state index contributed by atoms with van der Waals surface area (Å²) in [5, 5.41) is 0. The minimum absolute atomic E-state index is 0.0295. The average molecular weight is 371 g/mol. The molecule has 1 heterocycles. The molecule has 0 aromatic carbocycles. The SMILES string of the molecule is CCCN(CCC(=O)OCC)C1CCC2(CC1C(=O)OCC)OCCO2. The number of ether oxygens (including phenoxy) is 4. The van der Waals surface area contributed by atoms with Crippen molar-refractivity contribution in [2.45, 2.75) is 64.7 Å². The number of hydrogen-bond donors (Lipinski definition) is 0. The number of hydrogen-bond acceptors (Lipinski definition) is 7. The Morgan fingerprint density at radius 3 is 2.38 bits per heavy atom. The predicted molar refractivity (Wildman–Crippen MR) is 95.5 cm³/mol. The first-order valence-corrected chi connectivity index (χ1v) is 9.89. The molecule has 1 aliphatic carbocycles. The van der Waals surface area contributed by atoms with Crippen molar-refractivity contribution in [2.24, 2.45) is 5.92 Å². The van der Waals surface area contributed by atoms with Crippen LogP contribution in [0.3, 0.4) is 0 Å². The molecule has 2 fully saturated rings. The summed E-state index contributed by atoms with van der Waals surface area (Å²) in [6.07, 6.45) is 3.33. The summed E-state index contributed by atoms with van der Waals surface area (Å²) in [5.41, 5.74) is 0. The van der Waals surface area contributed by atoms with Crippen molar-refractivity contribution in [3.63, 3.8) is 0 Å². The van der Waals surface area contributed by atoms with Crippen LogP contribution in [0.2, 0.25) is 0 Å². The second kappa shape index (κ2) is 10.2. The van der Waals surface area contributed by atoms with Crippen LogP contribution in [0, 0.1) is 5.92 Å². The van der Waals surface area contributed by atoms with E-state index < -0.39 is 5.79 Å². The average Bonchev–Trinajstić information content (AvgIpc) is 3.07. The molecule has 150 valence electrons. The quantitative estimate of drug-likeness (QED) is 0.575. The van der Waals surface area contributed by atoms with E-state index in [4.69, 9.17) is 18.9 Å². The normalized spacial score (nSPS) is 24.8. The van der Waals surface area contributed by atoms with Crippen LogP contribution in [0.4, 0.5) is 0 Å². The molecular weight excluding hydrogens is 338 g/mol. The van der Waals surface area contributed by atoms with Gasteiger partial charge in [0.15, 0.2) is 5.79 Å². The van der Waals surface area contributed by atoms with E-state index in [1.807, 2.05) is 6.92 Å². The Bertz CT molecular complexity index is 463. The van der Waals surface area contributed by atoms with E-state index in [-0.39, 0.29) is 23.9 Å². The topological polar surface area (TPSA) is 74.3 Å². The van der Waals surface area contributed by atoms with Crippen molar-refractivity contribution in [3.05, 3.63) is 0 Å². The first-order valence-electron chi connectivity index (χ1n) is 9.89. The van der Waals surface area contributed by atoms with Crippen LogP contribution in [-0.2, 0) is 28.5 Å². The lowest BCUT2D eigenvalue weighted by Gasteiger charge is -2.44. The van der Waals surface area contributed by atoms with E-state index in [2.05, 4.69) is 11.8 Å². The second-order valence-corrected chi connectivity index (χ2v) is 6.87. The maximum atomic E-state index is 12.6. The molecule has 0 bridgehead atoms. The highest BCUT2D eigenvalue weighted by Crippen LogP contribution is 2.41. The molecule has 26 heavy (non-hydrogen) atoms. The molecule has 7 heteroatoms. The summed E-state index contributed by atoms with van der Waals surface area (Å²) >= 11 is 0. The highest BCUT2D eigenvalue weighted by atomic mass is 16.7.